The molecule has 4 heteroatoms. The van der Waals surface area contributed by atoms with Gasteiger partial charge >= 0.3 is 0 Å². The molecule has 0 radical (unpaired) electrons. The highest BCUT2D eigenvalue weighted by molar-refractivity contribution is 5.37. The molecule has 0 saturated carbocycles. The molecule has 2 fully saturated rings. The van der Waals surface area contributed by atoms with Crippen LogP contribution in [0, 0.1) is 0 Å². The summed E-state index contributed by atoms with van der Waals surface area (Å²) in [7, 11) is 0. The highest BCUT2D eigenvalue weighted by Crippen LogP contribution is 2.12. The van der Waals surface area contributed by atoms with E-state index in [2.05, 4.69) is 69.9 Å². The fraction of sp³-hybridized carbons (Fsp3) is 0.400. The Morgan fingerprint density at radius 2 is 1.38 bits per heavy atom. The van der Waals surface area contributed by atoms with Crippen LogP contribution in [0.25, 0.3) is 0 Å². The van der Waals surface area contributed by atoms with Crippen molar-refractivity contribution < 1.29 is 0 Å². The maximum absolute atomic E-state index is 3.41. The number of nitrogens with one attached hydrogen (secondary N) is 4. The minimum Gasteiger partial charge on any atom is -0.384 e. The summed E-state index contributed by atoms with van der Waals surface area (Å²) in [6.07, 6.45) is 20.7. The van der Waals surface area contributed by atoms with E-state index < -0.39 is 0 Å². The van der Waals surface area contributed by atoms with Crippen LogP contribution in [0.4, 0.5) is 0 Å². The van der Waals surface area contributed by atoms with Crippen LogP contribution in [0.2, 0.25) is 0 Å². The number of rotatable bonds is 0. The minimum absolute atomic E-state index is 1.00. The van der Waals surface area contributed by atoms with Gasteiger partial charge in [-0.2, -0.15) is 0 Å². The van der Waals surface area contributed by atoms with E-state index in [1.165, 1.54) is 29.1 Å². The molecule has 128 valence electrons. The molecule has 0 spiro atoms. The number of hydrogen-bond donors (Lipinski definition) is 4. The first kappa shape index (κ1) is 16.7. The molecule has 0 aromatic heterocycles. The third-order valence-electron chi connectivity index (χ3n) is 4.31. The largest absolute Gasteiger partial charge is 0.384 e. The molecule has 2 saturated heterocycles. The van der Waals surface area contributed by atoms with Crippen molar-refractivity contribution in [1.29, 1.82) is 0 Å². The third-order valence-corrected chi connectivity index (χ3v) is 4.31. The number of fused-ring (bicyclic) bond motifs is 2. The Morgan fingerprint density at radius 3 is 2.25 bits per heavy atom. The smallest absolute Gasteiger partial charge is 0.0572 e. The summed E-state index contributed by atoms with van der Waals surface area (Å²) in [6.45, 7) is 5.23. The summed E-state index contributed by atoms with van der Waals surface area (Å²) in [6, 6.07) is 0. The lowest BCUT2D eigenvalue weighted by Crippen LogP contribution is -2.20. The van der Waals surface area contributed by atoms with Crippen LogP contribution < -0.4 is 21.3 Å². The van der Waals surface area contributed by atoms with Crippen molar-refractivity contribution in [2.45, 2.75) is 19.3 Å². The summed E-state index contributed by atoms with van der Waals surface area (Å²) in [4.78, 5) is 0. The summed E-state index contributed by atoms with van der Waals surface area (Å²) >= 11 is 0. The first-order chi connectivity index (χ1) is 11.9. The second-order valence-electron chi connectivity index (χ2n) is 6.15. The van der Waals surface area contributed by atoms with Gasteiger partial charge in [0.25, 0.3) is 0 Å². The van der Waals surface area contributed by atoms with E-state index in [1.807, 2.05) is 0 Å². The summed E-state index contributed by atoms with van der Waals surface area (Å²) in [5.41, 5.74) is 5.19. The lowest BCUT2D eigenvalue weighted by molar-refractivity contribution is 0.733. The quantitative estimate of drug-likeness (QED) is 0.552. The highest BCUT2D eigenvalue weighted by atomic mass is 15.0. The predicted molar refractivity (Wildman–Crippen MR) is 101 cm³/mol. The first-order valence-electron chi connectivity index (χ1n) is 8.99. The molecule has 0 aromatic rings. The highest BCUT2D eigenvalue weighted by Gasteiger charge is 2.08. The van der Waals surface area contributed by atoms with E-state index in [0.717, 1.165) is 45.6 Å². The lowest BCUT2D eigenvalue weighted by Gasteiger charge is -2.08. The van der Waals surface area contributed by atoms with Gasteiger partial charge in [0, 0.05) is 38.4 Å². The van der Waals surface area contributed by atoms with E-state index in [0.29, 0.717) is 0 Å². The van der Waals surface area contributed by atoms with Crippen molar-refractivity contribution in [2.24, 2.45) is 0 Å². The minimum atomic E-state index is 1.00. The van der Waals surface area contributed by atoms with E-state index >= 15 is 0 Å². The molecule has 4 rings (SSSR count). The van der Waals surface area contributed by atoms with Gasteiger partial charge in [0.1, 0.15) is 0 Å². The third kappa shape index (κ3) is 4.90. The monoisotopic (exact) mass is 324 g/mol. The van der Waals surface area contributed by atoms with E-state index in [-0.39, 0.29) is 0 Å². The second kappa shape index (κ2) is 9.18. The summed E-state index contributed by atoms with van der Waals surface area (Å²) < 4.78 is 0. The Kier molecular flexibility index (Phi) is 6.37. The Bertz CT molecular complexity index is 551. The lowest BCUT2D eigenvalue weighted by atomic mass is 10.1. The molecular weight excluding hydrogens is 296 g/mol. The topological polar surface area (TPSA) is 48.1 Å². The van der Waals surface area contributed by atoms with E-state index in [9.17, 15) is 0 Å². The molecule has 4 aliphatic rings. The average molecular weight is 324 g/mol. The summed E-state index contributed by atoms with van der Waals surface area (Å²) in [5.74, 6) is 0. The average Bonchev–Trinajstić information content (AvgIpc) is 3.10. The van der Waals surface area contributed by atoms with Crippen LogP contribution in [-0.4, -0.2) is 32.7 Å². The van der Waals surface area contributed by atoms with Crippen molar-refractivity contribution >= 4 is 0 Å². The van der Waals surface area contributed by atoms with Crippen LogP contribution in [0.15, 0.2) is 71.3 Å². The van der Waals surface area contributed by atoms with Gasteiger partial charge in [-0.05, 0) is 37.0 Å². The molecule has 0 bridgehead atoms. The second-order valence-corrected chi connectivity index (χ2v) is 6.15. The number of hydrogen-bond acceptors (Lipinski definition) is 4. The fourth-order valence-corrected chi connectivity index (χ4v) is 3.00. The molecule has 0 amide bonds. The van der Waals surface area contributed by atoms with Crippen LogP contribution in [-0.2, 0) is 0 Å². The fourth-order valence-electron chi connectivity index (χ4n) is 3.00. The van der Waals surface area contributed by atoms with Crippen molar-refractivity contribution in [3.05, 3.63) is 71.3 Å². The predicted octanol–water partition coefficient (Wildman–Crippen LogP) is 2.25. The van der Waals surface area contributed by atoms with Crippen LogP contribution in [0.3, 0.4) is 0 Å². The Morgan fingerprint density at radius 1 is 0.667 bits per heavy atom. The van der Waals surface area contributed by atoms with Crippen molar-refractivity contribution in [1.82, 2.24) is 21.3 Å². The van der Waals surface area contributed by atoms with E-state index in [4.69, 9.17) is 0 Å². The standard InChI is InChI=1S/2C10H14N2/c1-2-5-9-10(6-3-1)12-8-4-7-11-9;1-2-4-9-8-11-6-7-12-10(9)5-3-1/h1-2,5-6,11-12H,3-4,7-8H2;1,3-5,11-12H,2,6-8H2. The van der Waals surface area contributed by atoms with Crippen molar-refractivity contribution in [3.63, 3.8) is 0 Å². The van der Waals surface area contributed by atoms with Gasteiger partial charge < -0.3 is 21.3 Å². The summed E-state index contributed by atoms with van der Waals surface area (Å²) in [5, 5.41) is 13.6. The maximum atomic E-state index is 3.41. The van der Waals surface area contributed by atoms with Crippen molar-refractivity contribution in [3.8, 4) is 0 Å². The molecule has 2 aliphatic carbocycles. The van der Waals surface area contributed by atoms with Gasteiger partial charge in [0.15, 0.2) is 0 Å². The Balaban J connectivity index is 0.000000141. The number of allylic oxidation sites excluding steroid dienone is 8. The van der Waals surface area contributed by atoms with Crippen LogP contribution >= 0.6 is 0 Å². The van der Waals surface area contributed by atoms with Gasteiger partial charge in [0.2, 0.25) is 0 Å². The van der Waals surface area contributed by atoms with Gasteiger partial charge in [0.05, 0.1) is 11.4 Å². The normalized spacial score (nSPS) is 22.3. The van der Waals surface area contributed by atoms with Crippen LogP contribution in [0.5, 0.6) is 0 Å². The van der Waals surface area contributed by atoms with Gasteiger partial charge in [-0.15, -0.1) is 0 Å². The Labute approximate surface area is 145 Å². The van der Waals surface area contributed by atoms with Crippen molar-refractivity contribution in [2.75, 3.05) is 32.7 Å². The van der Waals surface area contributed by atoms with Gasteiger partial charge in [-0.1, -0.05) is 36.5 Å². The zero-order chi connectivity index (χ0) is 16.5. The molecule has 4 N–H and O–H groups in total. The zero-order valence-electron chi connectivity index (χ0n) is 14.3. The maximum Gasteiger partial charge on any atom is 0.0572 e. The molecule has 2 aliphatic heterocycles. The molecule has 4 nitrogen and oxygen atoms in total. The van der Waals surface area contributed by atoms with E-state index in [1.54, 1.807) is 0 Å². The molecule has 0 unspecified atom stereocenters. The van der Waals surface area contributed by atoms with Gasteiger partial charge in [-0.3, -0.25) is 0 Å². The molecule has 0 aromatic carbocycles. The first-order valence-corrected chi connectivity index (χ1v) is 8.99. The van der Waals surface area contributed by atoms with Gasteiger partial charge in [-0.25, -0.2) is 0 Å². The molecule has 0 atom stereocenters. The van der Waals surface area contributed by atoms with Crippen LogP contribution in [0.1, 0.15) is 19.3 Å². The SMILES string of the molecule is C1=CCC=C2CNCCNC2=C1.C1=CCC=C2NCCCNC2=C1. The molecule has 2 heterocycles. The zero-order valence-corrected chi connectivity index (χ0v) is 14.3. The Hall–Kier alpha value is -2.20. The molecule has 24 heavy (non-hydrogen) atoms. The molecular formula is C20H28N4.